The number of hydrogen-bond donors (Lipinski definition) is 0. The Kier molecular flexibility index (Phi) is 5.46. The van der Waals surface area contributed by atoms with Crippen LogP contribution in [-0.2, 0) is 0 Å². The van der Waals surface area contributed by atoms with Crippen LogP contribution < -0.4 is 5.19 Å². The second-order valence-corrected chi connectivity index (χ2v) is 16.3. The van der Waals surface area contributed by atoms with Gasteiger partial charge in [-0.25, -0.2) is 4.98 Å². The summed E-state index contributed by atoms with van der Waals surface area (Å²) in [6.45, 7) is 7.16. The summed E-state index contributed by atoms with van der Waals surface area (Å²) in [6.07, 6.45) is 3.72. The zero-order valence-corrected chi connectivity index (χ0v) is 23.3. The molecule has 0 N–H and O–H groups in total. The van der Waals surface area contributed by atoms with E-state index in [1.165, 1.54) is 27.1 Å². The van der Waals surface area contributed by atoms with E-state index in [9.17, 15) is 0 Å². The van der Waals surface area contributed by atoms with Gasteiger partial charge in [-0.1, -0.05) is 79.4 Å². The summed E-state index contributed by atoms with van der Waals surface area (Å²) in [6, 6.07) is 36.9. The van der Waals surface area contributed by atoms with Gasteiger partial charge < -0.3 is 4.42 Å². The van der Waals surface area contributed by atoms with Gasteiger partial charge in [-0.3, -0.25) is 4.98 Å². The van der Waals surface area contributed by atoms with Gasteiger partial charge in [-0.2, -0.15) is 0 Å². The van der Waals surface area contributed by atoms with Gasteiger partial charge in [0.05, 0.1) is 13.8 Å². The van der Waals surface area contributed by atoms with Gasteiger partial charge in [-0.15, -0.1) is 0 Å². The zero-order valence-electron chi connectivity index (χ0n) is 22.3. The summed E-state index contributed by atoms with van der Waals surface area (Å²) in [5.74, 6) is 0. The second kappa shape index (κ2) is 9.04. The summed E-state index contributed by atoms with van der Waals surface area (Å²) in [5.41, 5.74) is 8.28. The lowest BCUT2D eigenvalue weighted by Gasteiger charge is -2.17. The molecule has 0 spiro atoms. The van der Waals surface area contributed by atoms with Crippen molar-refractivity contribution in [3.05, 3.63) is 116 Å². The van der Waals surface area contributed by atoms with Crippen molar-refractivity contribution in [3.63, 3.8) is 0 Å². The number of hydrogen-bond acceptors (Lipinski definition) is 3. The Bertz CT molecular complexity index is 1980. The Morgan fingerprint density at radius 1 is 0.564 bits per heavy atom. The lowest BCUT2D eigenvalue weighted by atomic mass is 9.98. The Morgan fingerprint density at radius 3 is 1.92 bits per heavy atom. The lowest BCUT2D eigenvalue weighted by molar-refractivity contribution is 0.654. The number of furan rings is 1. The fourth-order valence-corrected chi connectivity index (χ4v) is 6.44. The highest BCUT2D eigenvalue weighted by molar-refractivity contribution is 6.88. The van der Waals surface area contributed by atoms with E-state index in [2.05, 4.69) is 110 Å². The molecular weight excluding hydrogens is 492 g/mol. The summed E-state index contributed by atoms with van der Waals surface area (Å²) in [7, 11) is -1.29. The molecule has 4 aromatic carbocycles. The first-order chi connectivity index (χ1) is 18.9. The molecule has 0 saturated heterocycles. The third-order valence-corrected chi connectivity index (χ3v) is 9.63. The van der Waals surface area contributed by atoms with Crippen LogP contribution in [0.3, 0.4) is 0 Å². The van der Waals surface area contributed by atoms with E-state index in [-0.39, 0.29) is 0 Å². The van der Waals surface area contributed by atoms with Gasteiger partial charge in [0.15, 0.2) is 0 Å². The lowest BCUT2D eigenvalue weighted by Crippen LogP contribution is -2.37. The molecule has 3 aromatic heterocycles. The summed E-state index contributed by atoms with van der Waals surface area (Å²) < 4.78 is 5.87. The summed E-state index contributed by atoms with van der Waals surface area (Å²) >= 11 is 0. The molecule has 0 aliphatic carbocycles. The van der Waals surface area contributed by atoms with Crippen LogP contribution >= 0.6 is 0 Å². The molecule has 188 valence electrons. The van der Waals surface area contributed by atoms with Gasteiger partial charge in [0, 0.05) is 34.3 Å². The normalized spacial score (nSPS) is 12.0. The van der Waals surface area contributed by atoms with Crippen molar-refractivity contribution in [1.29, 1.82) is 0 Å². The number of pyridine rings is 2. The molecule has 0 atom stereocenters. The average molecular weight is 521 g/mol. The van der Waals surface area contributed by atoms with Crippen LogP contribution in [0.25, 0.3) is 66.4 Å². The summed E-state index contributed by atoms with van der Waals surface area (Å²) in [5, 5.41) is 6.04. The van der Waals surface area contributed by atoms with Crippen LogP contribution in [0.2, 0.25) is 19.6 Å². The molecule has 7 rings (SSSR count). The SMILES string of the molecule is C[Si](C)(C)c1ccc(-c2ccc3cc(-c4ccc(-c5ccc6oc7ncccc7c6c5)nc4)ccc3c2)cc1. The van der Waals surface area contributed by atoms with Crippen LogP contribution in [0.15, 0.2) is 120 Å². The molecule has 3 nitrogen and oxygen atoms in total. The highest BCUT2D eigenvalue weighted by atomic mass is 28.3. The van der Waals surface area contributed by atoms with E-state index in [0.29, 0.717) is 5.71 Å². The number of nitrogens with zero attached hydrogens (tertiary/aromatic N) is 2. The van der Waals surface area contributed by atoms with E-state index in [4.69, 9.17) is 9.40 Å². The van der Waals surface area contributed by atoms with Crippen LogP contribution in [0.4, 0.5) is 0 Å². The minimum Gasteiger partial charge on any atom is -0.438 e. The van der Waals surface area contributed by atoms with Crippen LogP contribution in [0.5, 0.6) is 0 Å². The molecule has 0 fully saturated rings. The highest BCUT2D eigenvalue weighted by Crippen LogP contribution is 2.32. The minimum atomic E-state index is -1.29. The Labute approximate surface area is 228 Å². The topological polar surface area (TPSA) is 38.9 Å². The molecule has 39 heavy (non-hydrogen) atoms. The maximum atomic E-state index is 5.87. The quantitative estimate of drug-likeness (QED) is 0.217. The van der Waals surface area contributed by atoms with Crippen molar-refractivity contribution in [1.82, 2.24) is 9.97 Å². The predicted octanol–water partition coefficient (Wildman–Crippen LogP) is 9.08. The van der Waals surface area contributed by atoms with Gasteiger partial charge in [-0.05, 0) is 76.0 Å². The Hall–Kier alpha value is -4.54. The molecule has 3 heterocycles. The van der Waals surface area contributed by atoms with Gasteiger partial charge in [0.25, 0.3) is 0 Å². The van der Waals surface area contributed by atoms with Gasteiger partial charge in [0.2, 0.25) is 5.71 Å². The van der Waals surface area contributed by atoms with Crippen molar-refractivity contribution in [3.8, 4) is 33.5 Å². The molecule has 7 aromatic rings. The second-order valence-electron chi connectivity index (χ2n) is 11.2. The van der Waals surface area contributed by atoms with Crippen LogP contribution in [0, 0.1) is 0 Å². The largest absolute Gasteiger partial charge is 0.438 e. The molecule has 0 unspecified atom stereocenters. The Balaban J connectivity index is 1.17. The standard InChI is InChI=1S/C35H28N2OSi/c1-39(2,3)30-14-10-23(11-15-30)24-6-7-26-20-27(9-8-25(26)19-24)29-12-16-33(37-22-29)28-13-17-34-32(21-28)31-5-4-18-36-35(31)38-34/h4-22H,1-3H3. The maximum absolute atomic E-state index is 5.87. The number of rotatable bonds is 4. The van der Waals surface area contributed by atoms with Crippen LogP contribution in [0.1, 0.15) is 0 Å². The predicted molar refractivity (Wildman–Crippen MR) is 166 cm³/mol. The fourth-order valence-electron chi connectivity index (χ4n) is 5.27. The van der Waals surface area contributed by atoms with Crippen molar-refractivity contribution in [2.75, 3.05) is 0 Å². The van der Waals surface area contributed by atoms with Crippen molar-refractivity contribution >= 4 is 46.1 Å². The third kappa shape index (κ3) is 4.33. The summed E-state index contributed by atoms with van der Waals surface area (Å²) in [4.78, 5) is 9.15. The molecule has 4 heteroatoms. The monoisotopic (exact) mass is 520 g/mol. The molecule has 0 saturated carbocycles. The van der Waals surface area contributed by atoms with Crippen LogP contribution in [-0.4, -0.2) is 18.0 Å². The Morgan fingerprint density at radius 2 is 1.23 bits per heavy atom. The molecule has 0 aliphatic rings. The van der Waals surface area contributed by atoms with Gasteiger partial charge in [0.1, 0.15) is 5.58 Å². The first kappa shape index (κ1) is 23.6. The molecular formula is C35H28N2OSi. The number of fused-ring (bicyclic) bond motifs is 4. The molecule has 0 amide bonds. The number of aromatic nitrogens is 2. The van der Waals surface area contributed by atoms with E-state index in [0.717, 1.165) is 38.7 Å². The first-order valence-corrected chi connectivity index (χ1v) is 16.8. The molecule has 0 aliphatic heterocycles. The van der Waals surface area contributed by atoms with E-state index < -0.39 is 8.07 Å². The smallest absolute Gasteiger partial charge is 0.227 e. The maximum Gasteiger partial charge on any atom is 0.227 e. The van der Waals surface area contributed by atoms with E-state index in [1.807, 2.05) is 24.4 Å². The first-order valence-electron chi connectivity index (χ1n) is 13.3. The van der Waals surface area contributed by atoms with Crippen molar-refractivity contribution in [2.45, 2.75) is 19.6 Å². The molecule has 0 radical (unpaired) electrons. The van der Waals surface area contributed by atoms with E-state index >= 15 is 0 Å². The van der Waals surface area contributed by atoms with E-state index in [1.54, 1.807) is 6.20 Å². The molecule has 0 bridgehead atoms. The van der Waals surface area contributed by atoms with Crippen molar-refractivity contribution < 1.29 is 4.42 Å². The van der Waals surface area contributed by atoms with Crippen molar-refractivity contribution in [2.24, 2.45) is 0 Å². The fraction of sp³-hybridized carbons (Fsp3) is 0.0857. The third-order valence-electron chi connectivity index (χ3n) is 7.56. The van der Waals surface area contributed by atoms with Gasteiger partial charge >= 0.3 is 0 Å². The number of benzene rings is 4. The highest BCUT2D eigenvalue weighted by Gasteiger charge is 2.16. The minimum absolute atomic E-state index is 0.663. The average Bonchev–Trinajstić information content (AvgIpc) is 3.34. The zero-order chi connectivity index (χ0) is 26.6.